The largest absolute Gasteiger partial charge is 0.489 e. The van der Waals surface area contributed by atoms with Crippen molar-refractivity contribution in [2.24, 2.45) is 7.05 Å². The molecule has 0 aliphatic carbocycles. The Bertz CT molecular complexity index is 1500. The van der Waals surface area contributed by atoms with Gasteiger partial charge in [-0.2, -0.15) is 13.2 Å². The second-order valence-corrected chi connectivity index (χ2v) is 9.58. The molecule has 1 saturated heterocycles. The summed E-state index contributed by atoms with van der Waals surface area (Å²) in [7, 11) is 2.12. The van der Waals surface area contributed by atoms with E-state index in [1.165, 1.54) is 41.6 Å². The van der Waals surface area contributed by atoms with Gasteiger partial charge in [0.25, 0.3) is 5.56 Å². The highest BCUT2D eigenvalue weighted by Crippen LogP contribution is 2.40. The summed E-state index contributed by atoms with van der Waals surface area (Å²) in [6, 6.07) is 11.4. The van der Waals surface area contributed by atoms with E-state index in [0.717, 1.165) is 43.1 Å². The van der Waals surface area contributed by atoms with Crippen LogP contribution >= 0.6 is 12.4 Å². The topological polar surface area (TPSA) is 52.3 Å². The van der Waals surface area contributed by atoms with Crippen LogP contribution in [-0.2, 0) is 26.4 Å². The summed E-state index contributed by atoms with van der Waals surface area (Å²) in [5.74, 6) is 0.923. The summed E-state index contributed by atoms with van der Waals surface area (Å²) < 4.78 is 47.5. The zero-order chi connectivity index (χ0) is 25.0. The fourth-order valence-corrected chi connectivity index (χ4v) is 5.56. The Labute approximate surface area is 217 Å². The molecule has 0 atom stereocenters. The average Bonchev–Trinajstić information content (AvgIpc) is 3.00. The first kappa shape index (κ1) is 25.4. The molecule has 2 bridgehead atoms. The lowest BCUT2D eigenvalue weighted by Gasteiger charge is -2.27. The molecule has 194 valence electrons. The molecule has 37 heavy (non-hydrogen) atoms. The van der Waals surface area contributed by atoms with Gasteiger partial charge in [0.2, 0.25) is 0 Å². The number of benzene rings is 1. The summed E-state index contributed by atoms with van der Waals surface area (Å²) in [5, 5.41) is 1.24. The normalized spacial score (nSPS) is 18.8. The minimum atomic E-state index is -4.48. The van der Waals surface area contributed by atoms with Crippen LogP contribution in [0.1, 0.15) is 41.3 Å². The Kier molecular flexibility index (Phi) is 6.53. The van der Waals surface area contributed by atoms with Crippen LogP contribution in [0.4, 0.5) is 13.2 Å². The second kappa shape index (κ2) is 9.54. The number of fused-ring (bicyclic) bond motifs is 3. The van der Waals surface area contributed by atoms with Gasteiger partial charge in [0, 0.05) is 54.6 Å². The van der Waals surface area contributed by atoms with E-state index in [-0.39, 0.29) is 24.6 Å². The maximum atomic E-state index is 12.9. The van der Waals surface area contributed by atoms with Crippen LogP contribution in [0.15, 0.2) is 59.7 Å². The molecule has 7 rings (SSSR count). The van der Waals surface area contributed by atoms with Crippen LogP contribution in [0.3, 0.4) is 0 Å². The van der Waals surface area contributed by atoms with E-state index in [2.05, 4.69) is 33.6 Å². The van der Waals surface area contributed by atoms with Crippen LogP contribution in [0.5, 0.6) is 5.75 Å². The lowest BCUT2D eigenvalue weighted by molar-refractivity contribution is -0.141. The molecule has 3 aliphatic heterocycles. The molecule has 10 heteroatoms. The number of alkyl halides is 3. The monoisotopic (exact) mass is 530 g/mol. The van der Waals surface area contributed by atoms with Crippen molar-refractivity contribution in [3.63, 3.8) is 0 Å². The van der Waals surface area contributed by atoms with Crippen LogP contribution in [0.2, 0.25) is 0 Å². The molecule has 4 aromatic rings. The van der Waals surface area contributed by atoms with E-state index in [1.54, 1.807) is 16.8 Å². The van der Waals surface area contributed by atoms with Gasteiger partial charge in [-0.15, -0.1) is 12.4 Å². The first-order valence-electron chi connectivity index (χ1n) is 12.0. The highest BCUT2D eigenvalue weighted by Gasteiger charge is 2.33. The number of hydrogen-bond donors (Lipinski definition) is 0. The van der Waals surface area contributed by atoms with Crippen molar-refractivity contribution in [1.29, 1.82) is 0 Å². The third-order valence-electron chi connectivity index (χ3n) is 7.38. The van der Waals surface area contributed by atoms with Gasteiger partial charge < -0.3 is 9.30 Å². The van der Waals surface area contributed by atoms with Crippen molar-refractivity contribution < 1.29 is 17.9 Å². The molecule has 0 N–H and O–H groups in total. The summed E-state index contributed by atoms with van der Waals surface area (Å²) in [6.07, 6.45) is 0.679. The lowest BCUT2D eigenvalue weighted by Crippen LogP contribution is -2.29. The number of aryl methyl sites for hydroxylation is 1. The Morgan fingerprint density at radius 2 is 1.86 bits per heavy atom. The smallest absolute Gasteiger partial charge is 0.433 e. The number of piperidine rings is 1. The van der Waals surface area contributed by atoms with Gasteiger partial charge in [0.05, 0.1) is 11.2 Å². The van der Waals surface area contributed by atoms with Gasteiger partial charge in [-0.25, -0.2) is 0 Å². The van der Waals surface area contributed by atoms with E-state index in [9.17, 15) is 18.0 Å². The summed E-state index contributed by atoms with van der Waals surface area (Å²) in [6.45, 7) is 3.28. The van der Waals surface area contributed by atoms with Crippen LogP contribution in [0.25, 0.3) is 16.6 Å². The number of pyridine rings is 2. The maximum absolute atomic E-state index is 12.9. The highest BCUT2D eigenvalue weighted by molar-refractivity contribution is 5.87. The molecular formula is C27H26ClF3N4O2. The highest BCUT2D eigenvalue weighted by atomic mass is 35.5. The summed E-state index contributed by atoms with van der Waals surface area (Å²) in [5.41, 5.74) is 4.00. The van der Waals surface area contributed by atoms with E-state index in [4.69, 9.17) is 4.74 Å². The molecule has 0 unspecified atom stereocenters. The summed E-state index contributed by atoms with van der Waals surface area (Å²) >= 11 is 0. The van der Waals surface area contributed by atoms with Gasteiger partial charge in [-0.1, -0.05) is 12.1 Å². The van der Waals surface area contributed by atoms with E-state index in [1.807, 2.05) is 6.07 Å². The zero-order valence-corrected chi connectivity index (χ0v) is 21.0. The predicted molar refractivity (Wildman–Crippen MR) is 137 cm³/mol. The molecule has 0 spiro atoms. The minimum Gasteiger partial charge on any atom is -0.489 e. The summed E-state index contributed by atoms with van der Waals surface area (Å²) in [4.78, 5) is 18.9. The molecule has 3 aliphatic rings. The average molecular weight is 531 g/mol. The fourth-order valence-electron chi connectivity index (χ4n) is 5.56. The van der Waals surface area contributed by atoms with Gasteiger partial charge in [0.1, 0.15) is 18.1 Å². The zero-order valence-electron chi connectivity index (χ0n) is 20.2. The number of rotatable bonds is 4. The molecule has 1 fully saturated rings. The molecule has 1 aromatic carbocycles. The first-order valence-corrected chi connectivity index (χ1v) is 12.0. The Morgan fingerprint density at radius 1 is 1.08 bits per heavy atom. The van der Waals surface area contributed by atoms with E-state index >= 15 is 0 Å². The molecule has 6 heterocycles. The molecule has 0 radical (unpaired) electrons. The van der Waals surface area contributed by atoms with Crippen molar-refractivity contribution in [2.75, 3.05) is 13.1 Å². The number of hydrogen-bond acceptors (Lipinski definition) is 4. The van der Waals surface area contributed by atoms with E-state index in [0.29, 0.717) is 17.2 Å². The standard InChI is InChI=1S/C27H25F3N4O2.ClH/c1-32-23-12-19(3-4-21(23)22-15-33-9-6-18(7-10-33)26(22)32)34-11-8-20(13-25(34)35)36-16-17-2-5-24(31-14-17)27(28,29)30;/h2-5,8,11-14,18H,6-7,9-10,15-16H2,1H3;1H. The third-order valence-corrected chi connectivity index (χ3v) is 7.38. The number of halogens is 4. The van der Waals surface area contributed by atoms with Crippen LogP contribution in [-0.4, -0.2) is 32.1 Å². The SMILES string of the molecule is Cl.Cn1c2c(c3ccc(-n4ccc(OCc5ccc(C(F)(F)F)nc5)cc4=O)cc31)CN1CCC2CC1. The first-order chi connectivity index (χ1) is 17.3. The molecule has 6 nitrogen and oxygen atoms in total. The van der Waals surface area contributed by atoms with Crippen molar-refractivity contribution in [3.05, 3.63) is 87.7 Å². The van der Waals surface area contributed by atoms with Gasteiger partial charge in [-0.3, -0.25) is 19.2 Å². The van der Waals surface area contributed by atoms with Crippen LogP contribution in [0, 0.1) is 0 Å². The maximum Gasteiger partial charge on any atom is 0.433 e. The fraction of sp³-hybridized carbons (Fsp3) is 0.333. The van der Waals surface area contributed by atoms with Gasteiger partial charge >= 0.3 is 6.18 Å². The Balaban J connectivity index is 0.00000280. The second-order valence-electron chi connectivity index (χ2n) is 9.58. The number of aromatic nitrogens is 3. The van der Waals surface area contributed by atoms with Gasteiger partial charge in [0.15, 0.2) is 0 Å². The predicted octanol–water partition coefficient (Wildman–Crippen LogP) is 5.44. The molecule has 0 amide bonds. The third kappa shape index (κ3) is 4.62. The number of nitrogens with zero attached hydrogens (tertiary/aromatic N) is 4. The molecular weight excluding hydrogens is 505 g/mol. The van der Waals surface area contributed by atoms with Crippen LogP contribution < -0.4 is 10.3 Å². The minimum absolute atomic E-state index is 0. The Morgan fingerprint density at radius 3 is 2.54 bits per heavy atom. The quantitative estimate of drug-likeness (QED) is 0.353. The molecule has 0 saturated carbocycles. The lowest BCUT2D eigenvalue weighted by atomic mass is 9.94. The van der Waals surface area contributed by atoms with Crippen molar-refractivity contribution >= 4 is 23.3 Å². The Hall–Kier alpha value is -3.30. The van der Waals surface area contributed by atoms with Crippen molar-refractivity contribution in [3.8, 4) is 11.4 Å². The van der Waals surface area contributed by atoms with Crippen molar-refractivity contribution in [1.82, 2.24) is 19.0 Å². The van der Waals surface area contributed by atoms with Gasteiger partial charge in [-0.05, 0) is 55.8 Å². The van der Waals surface area contributed by atoms with Crippen molar-refractivity contribution in [2.45, 2.75) is 38.1 Å². The molecule has 3 aromatic heterocycles. The van der Waals surface area contributed by atoms with E-state index < -0.39 is 11.9 Å². The number of ether oxygens (including phenoxy) is 1.